The zero-order chi connectivity index (χ0) is 40.1. The molecule has 0 amide bonds. The highest BCUT2D eigenvalue weighted by Crippen LogP contribution is 2.71. The lowest BCUT2D eigenvalue weighted by molar-refractivity contribution is -0.216. The number of rotatable bonds is 9. The molecule has 7 atom stereocenters. The summed E-state index contributed by atoms with van der Waals surface area (Å²) in [5.74, 6) is -2.12. The summed E-state index contributed by atoms with van der Waals surface area (Å²) in [5, 5.41) is 0. The second kappa shape index (κ2) is 13.5. The molecule has 11 heteroatoms. The minimum absolute atomic E-state index is 0.0139. The SMILES string of the molecule is COC(=O)C(C)=CCC12OC(C)(C)C3CC(C1=O)C(N1CCOCC1)C1C(=O)c4c(c(CC=C(C)C)c5c6c4OC(=O)CC6=CC(C)(CCC=C(C)C)O5)OC132. The van der Waals surface area contributed by atoms with Crippen LogP contribution < -0.4 is 14.2 Å². The van der Waals surface area contributed by atoms with Crippen molar-refractivity contribution in [3.05, 3.63) is 57.7 Å². The number of hydrogen-bond acceptors (Lipinski definition) is 11. The summed E-state index contributed by atoms with van der Waals surface area (Å²) in [4.78, 5) is 59.9. The second-order valence-corrected chi connectivity index (χ2v) is 18.0. The molecule has 1 spiro atoms. The Bertz CT molecular complexity index is 2040. The molecule has 8 aliphatic rings. The van der Waals surface area contributed by atoms with Gasteiger partial charge in [-0.15, -0.1) is 0 Å². The summed E-state index contributed by atoms with van der Waals surface area (Å²) >= 11 is 0. The Morgan fingerprint density at radius 1 is 0.929 bits per heavy atom. The minimum Gasteiger partial charge on any atom is -0.482 e. The van der Waals surface area contributed by atoms with Crippen LogP contribution in [0.1, 0.15) is 109 Å². The topological polar surface area (TPSA) is 127 Å². The molecule has 1 aromatic carbocycles. The average molecular weight is 770 g/mol. The Balaban J connectivity index is 1.41. The highest BCUT2D eigenvalue weighted by Gasteiger charge is 2.86. The second-order valence-electron chi connectivity index (χ2n) is 18.0. The molecule has 7 unspecified atom stereocenters. The molecule has 0 radical (unpaired) electrons. The van der Waals surface area contributed by atoms with Gasteiger partial charge in [-0.25, -0.2) is 4.79 Å². The molecule has 0 aromatic heterocycles. The summed E-state index contributed by atoms with van der Waals surface area (Å²) in [5.41, 5.74) is 0.177. The van der Waals surface area contributed by atoms with Gasteiger partial charge in [0.1, 0.15) is 22.7 Å². The highest BCUT2D eigenvalue weighted by molar-refractivity contribution is 6.12. The fourth-order valence-corrected chi connectivity index (χ4v) is 11.1. The van der Waals surface area contributed by atoms with Gasteiger partial charge in [0.25, 0.3) is 0 Å². The van der Waals surface area contributed by atoms with E-state index in [0.29, 0.717) is 68.0 Å². The normalized spacial score (nSPS) is 33.6. The van der Waals surface area contributed by atoms with Gasteiger partial charge in [-0.2, -0.15) is 0 Å². The molecule has 5 aliphatic heterocycles. The predicted molar refractivity (Wildman–Crippen MR) is 208 cm³/mol. The van der Waals surface area contributed by atoms with Gasteiger partial charge in [-0.1, -0.05) is 29.4 Å². The fourth-order valence-electron chi connectivity index (χ4n) is 11.1. The van der Waals surface area contributed by atoms with Crippen LogP contribution in [0.25, 0.3) is 5.57 Å². The van der Waals surface area contributed by atoms with Gasteiger partial charge in [-0.3, -0.25) is 19.3 Å². The molecule has 5 fully saturated rings. The molecule has 0 N–H and O–H groups in total. The summed E-state index contributed by atoms with van der Waals surface area (Å²) in [7, 11) is 1.32. The number of methoxy groups -OCH3 is 1. The van der Waals surface area contributed by atoms with E-state index in [1.54, 1.807) is 13.0 Å². The number of carbonyl (C=O) groups excluding carboxylic acids is 4. The molecular weight excluding hydrogens is 714 g/mol. The van der Waals surface area contributed by atoms with E-state index in [4.69, 9.17) is 28.4 Å². The van der Waals surface area contributed by atoms with Crippen molar-refractivity contribution in [2.45, 2.75) is 122 Å². The third-order valence-corrected chi connectivity index (χ3v) is 13.4. The number of hydrogen-bond donors (Lipinski definition) is 0. The molecule has 9 rings (SSSR count). The van der Waals surface area contributed by atoms with E-state index < -0.39 is 52.2 Å². The van der Waals surface area contributed by atoms with Crippen LogP contribution in [0.15, 0.2) is 41.0 Å². The highest BCUT2D eigenvalue weighted by atomic mass is 16.6. The lowest BCUT2D eigenvalue weighted by atomic mass is 9.44. The van der Waals surface area contributed by atoms with E-state index in [-0.39, 0.29) is 47.4 Å². The van der Waals surface area contributed by atoms with Crippen molar-refractivity contribution in [2.24, 2.45) is 17.8 Å². The number of fused-ring (bicyclic) bond motifs is 2. The maximum absolute atomic E-state index is 16.0. The molecule has 300 valence electrons. The van der Waals surface area contributed by atoms with Gasteiger partial charge >= 0.3 is 11.9 Å². The minimum atomic E-state index is -1.61. The van der Waals surface area contributed by atoms with E-state index >= 15 is 9.59 Å². The third-order valence-electron chi connectivity index (χ3n) is 13.4. The zero-order valence-corrected chi connectivity index (χ0v) is 34.2. The van der Waals surface area contributed by atoms with Gasteiger partial charge in [0, 0.05) is 48.5 Å². The van der Waals surface area contributed by atoms with Crippen molar-refractivity contribution in [1.29, 1.82) is 0 Å². The van der Waals surface area contributed by atoms with Crippen molar-refractivity contribution in [3.8, 4) is 17.2 Å². The van der Waals surface area contributed by atoms with Gasteiger partial charge in [0.05, 0.1) is 43.8 Å². The quantitative estimate of drug-likeness (QED) is 0.115. The summed E-state index contributed by atoms with van der Waals surface area (Å²) in [6.45, 7) is 17.8. The number of Topliss-reactive ketones (excluding diaryl/α,β-unsaturated/α-hetero) is 2. The van der Waals surface area contributed by atoms with Crippen LogP contribution in [0.3, 0.4) is 0 Å². The Hall–Kier alpha value is -4.06. The van der Waals surface area contributed by atoms with Crippen molar-refractivity contribution in [3.63, 3.8) is 0 Å². The standard InChI is InChI=1S/C45H55NO10/c1-24(2)11-10-15-43(8)23-27-21-31(47)53-39-32(27)37(54-43)28(13-12-25(3)4)38-33(39)36(48)34-35(46-17-19-52-20-18-46)29-22-30-42(6,7)56-44(40(29)49,45(30,34)55-38)16-14-26(5)41(50)51-9/h11-12,14,23,29-30,34-35H,10,13,15-22H2,1-9H3. The van der Waals surface area contributed by atoms with E-state index in [2.05, 4.69) is 30.9 Å². The van der Waals surface area contributed by atoms with Crippen molar-refractivity contribution in [1.82, 2.24) is 4.90 Å². The van der Waals surface area contributed by atoms with Crippen molar-refractivity contribution in [2.75, 3.05) is 33.4 Å². The summed E-state index contributed by atoms with van der Waals surface area (Å²) < 4.78 is 38.7. The number of morpholine rings is 1. The Morgan fingerprint density at radius 2 is 1.62 bits per heavy atom. The largest absolute Gasteiger partial charge is 0.482 e. The molecule has 56 heavy (non-hydrogen) atoms. The van der Waals surface area contributed by atoms with Crippen LogP contribution in [-0.2, 0) is 35.0 Å². The smallest absolute Gasteiger partial charge is 0.333 e. The first-order valence-electron chi connectivity index (χ1n) is 20.1. The van der Waals surface area contributed by atoms with Crippen LogP contribution in [0.2, 0.25) is 0 Å². The van der Waals surface area contributed by atoms with Crippen LogP contribution in [0.5, 0.6) is 17.2 Å². The molecular formula is C45H55NO10. The zero-order valence-electron chi connectivity index (χ0n) is 34.2. The Morgan fingerprint density at radius 3 is 2.30 bits per heavy atom. The maximum atomic E-state index is 16.0. The van der Waals surface area contributed by atoms with Gasteiger partial charge in [0.15, 0.2) is 28.5 Å². The van der Waals surface area contributed by atoms with Crippen molar-refractivity contribution < 1.29 is 47.6 Å². The first-order valence-corrected chi connectivity index (χ1v) is 20.1. The van der Waals surface area contributed by atoms with Crippen LogP contribution in [0.4, 0.5) is 0 Å². The lowest BCUT2D eigenvalue weighted by Crippen LogP contribution is -2.82. The fraction of sp³-hybridized carbons (Fsp3) is 0.600. The third kappa shape index (κ3) is 5.62. The van der Waals surface area contributed by atoms with Gasteiger partial charge in [-0.05, 0) is 92.7 Å². The average Bonchev–Trinajstić information content (AvgIpc) is 3.28. The Labute approximate surface area is 329 Å². The van der Waals surface area contributed by atoms with E-state index in [1.165, 1.54) is 12.7 Å². The first-order chi connectivity index (χ1) is 26.5. The van der Waals surface area contributed by atoms with E-state index in [0.717, 1.165) is 17.6 Å². The molecule has 1 aromatic rings. The van der Waals surface area contributed by atoms with Crippen LogP contribution in [-0.4, -0.2) is 90.3 Å². The number of allylic oxidation sites excluding steroid dienone is 4. The number of ketones is 2. The molecule has 4 bridgehead atoms. The Kier molecular flexibility index (Phi) is 9.37. The van der Waals surface area contributed by atoms with E-state index in [1.807, 2.05) is 40.7 Å². The van der Waals surface area contributed by atoms with Gasteiger partial charge < -0.3 is 28.4 Å². The number of esters is 2. The van der Waals surface area contributed by atoms with Crippen LogP contribution >= 0.6 is 0 Å². The monoisotopic (exact) mass is 769 g/mol. The van der Waals surface area contributed by atoms with Crippen molar-refractivity contribution >= 4 is 29.1 Å². The molecule has 11 nitrogen and oxygen atoms in total. The first kappa shape index (κ1) is 38.8. The molecule has 5 heterocycles. The number of benzene rings is 1. The summed E-state index contributed by atoms with van der Waals surface area (Å²) in [6.07, 6.45) is 10.3. The molecule has 3 aliphatic carbocycles. The van der Waals surface area contributed by atoms with E-state index in [9.17, 15) is 9.59 Å². The predicted octanol–water partition coefficient (Wildman–Crippen LogP) is 6.69. The van der Waals surface area contributed by atoms with Gasteiger partial charge in [0.2, 0.25) is 0 Å². The maximum Gasteiger partial charge on any atom is 0.333 e. The molecule has 3 saturated carbocycles. The number of nitrogens with zero attached hydrogens (tertiary/aromatic N) is 1. The number of carbonyl (C=O) groups is 4. The molecule has 2 saturated heterocycles. The van der Waals surface area contributed by atoms with Crippen LogP contribution in [0, 0.1) is 17.8 Å². The number of ether oxygens (including phenoxy) is 6. The summed E-state index contributed by atoms with van der Waals surface area (Å²) in [6, 6.07) is -0.506. The lowest BCUT2D eigenvalue weighted by Gasteiger charge is -2.64.